The van der Waals surface area contributed by atoms with E-state index >= 15 is 0 Å². The van der Waals surface area contributed by atoms with Crippen LogP contribution in [0.4, 0.5) is 13.2 Å². The third kappa shape index (κ3) is 4.01. The number of aromatic carboxylic acids is 1. The van der Waals surface area contributed by atoms with Crippen molar-refractivity contribution < 1.29 is 27.9 Å². The van der Waals surface area contributed by atoms with Crippen molar-refractivity contribution in [1.29, 1.82) is 0 Å². The number of alkyl halides is 3. The summed E-state index contributed by atoms with van der Waals surface area (Å²) in [7, 11) is 0. The lowest BCUT2D eigenvalue weighted by atomic mass is 10.2. The summed E-state index contributed by atoms with van der Waals surface area (Å²) in [6.07, 6.45) is -3.36. The van der Waals surface area contributed by atoms with E-state index in [1.54, 1.807) is 13.8 Å². The molecule has 0 aliphatic carbocycles. The van der Waals surface area contributed by atoms with Crippen LogP contribution in [0.3, 0.4) is 0 Å². The molecular formula is C11H13F3N2O3. The number of halogens is 3. The zero-order valence-corrected chi connectivity index (χ0v) is 10.3. The van der Waals surface area contributed by atoms with Gasteiger partial charge < -0.3 is 15.0 Å². The average Bonchev–Trinajstić information content (AvgIpc) is 2.59. The predicted octanol–water partition coefficient (Wildman–Crippen LogP) is 1.73. The van der Waals surface area contributed by atoms with Crippen LogP contribution in [0.15, 0.2) is 12.4 Å². The maximum atomic E-state index is 12.6. The van der Waals surface area contributed by atoms with Crippen LogP contribution in [-0.4, -0.2) is 27.6 Å². The van der Waals surface area contributed by atoms with E-state index < -0.39 is 29.2 Å². The van der Waals surface area contributed by atoms with Crippen molar-refractivity contribution in [2.75, 3.05) is 0 Å². The smallest absolute Gasteiger partial charge is 0.418 e. The van der Waals surface area contributed by atoms with Gasteiger partial charge in [0, 0.05) is 18.4 Å². The van der Waals surface area contributed by atoms with Crippen molar-refractivity contribution >= 4 is 11.9 Å². The molecule has 0 atom stereocenters. The number of nitrogens with zero attached hydrogens (tertiary/aromatic N) is 1. The number of hydrogen-bond acceptors (Lipinski definition) is 2. The summed E-state index contributed by atoms with van der Waals surface area (Å²) in [5.41, 5.74) is -2.14. The highest BCUT2D eigenvalue weighted by Gasteiger charge is 2.37. The van der Waals surface area contributed by atoms with Gasteiger partial charge in [0.15, 0.2) is 0 Å². The highest BCUT2D eigenvalue weighted by molar-refractivity contribution is 5.89. The lowest BCUT2D eigenvalue weighted by Crippen LogP contribution is -2.32. The van der Waals surface area contributed by atoms with Crippen molar-refractivity contribution in [3.05, 3.63) is 23.5 Å². The summed E-state index contributed by atoms with van der Waals surface area (Å²) >= 11 is 0. The largest absolute Gasteiger partial charge is 0.478 e. The van der Waals surface area contributed by atoms with Crippen LogP contribution >= 0.6 is 0 Å². The molecule has 1 heterocycles. The number of nitrogens with one attached hydrogen (secondary N) is 1. The molecule has 0 radical (unpaired) electrons. The quantitative estimate of drug-likeness (QED) is 0.881. The normalized spacial score (nSPS) is 11.7. The first-order chi connectivity index (χ1) is 8.61. The maximum Gasteiger partial charge on any atom is 0.418 e. The van der Waals surface area contributed by atoms with Crippen LogP contribution in [0.1, 0.15) is 29.8 Å². The minimum Gasteiger partial charge on any atom is -0.478 e. The van der Waals surface area contributed by atoms with E-state index in [1.807, 2.05) is 0 Å². The molecule has 0 spiro atoms. The van der Waals surface area contributed by atoms with Crippen molar-refractivity contribution in [2.45, 2.75) is 32.6 Å². The van der Waals surface area contributed by atoms with Crippen LogP contribution in [0.2, 0.25) is 0 Å². The third-order valence-electron chi connectivity index (χ3n) is 2.19. The Morgan fingerprint density at radius 2 is 1.95 bits per heavy atom. The van der Waals surface area contributed by atoms with E-state index in [4.69, 9.17) is 5.11 Å². The Balaban J connectivity index is 2.99. The summed E-state index contributed by atoms with van der Waals surface area (Å²) in [5, 5.41) is 11.2. The molecule has 0 aliphatic rings. The zero-order chi connectivity index (χ0) is 14.8. The average molecular weight is 278 g/mol. The number of carbonyl (C=O) groups is 2. The molecule has 0 bridgehead atoms. The number of carboxylic acid groups (broad SMARTS) is 1. The number of rotatable bonds is 4. The van der Waals surface area contributed by atoms with Crippen LogP contribution < -0.4 is 5.32 Å². The van der Waals surface area contributed by atoms with Crippen LogP contribution in [0.25, 0.3) is 0 Å². The summed E-state index contributed by atoms with van der Waals surface area (Å²) in [5.74, 6) is -2.17. The molecular weight excluding hydrogens is 265 g/mol. The number of aromatic nitrogens is 1. The van der Waals surface area contributed by atoms with E-state index in [1.165, 1.54) is 0 Å². The Kier molecular flexibility index (Phi) is 4.23. The molecule has 0 aliphatic heterocycles. The van der Waals surface area contributed by atoms with Gasteiger partial charge in [0.25, 0.3) is 0 Å². The van der Waals surface area contributed by atoms with Gasteiger partial charge in [0.05, 0.1) is 11.1 Å². The van der Waals surface area contributed by atoms with Gasteiger partial charge in [-0.05, 0) is 13.8 Å². The fourth-order valence-electron chi connectivity index (χ4n) is 1.53. The second kappa shape index (κ2) is 5.33. The first kappa shape index (κ1) is 15.1. The second-order valence-electron chi connectivity index (χ2n) is 4.28. The van der Waals surface area contributed by atoms with Crippen molar-refractivity contribution in [3.63, 3.8) is 0 Å². The van der Waals surface area contributed by atoms with Gasteiger partial charge >= 0.3 is 12.1 Å². The van der Waals surface area contributed by atoms with E-state index in [2.05, 4.69) is 5.32 Å². The van der Waals surface area contributed by atoms with Crippen molar-refractivity contribution in [3.8, 4) is 0 Å². The molecule has 1 aromatic rings. The second-order valence-corrected chi connectivity index (χ2v) is 4.28. The SMILES string of the molecule is CC(C)NC(=O)Cn1cc(C(=O)O)c(C(F)(F)F)c1. The third-order valence-corrected chi connectivity index (χ3v) is 2.19. The lowest BCUT2D eigenvalue weighted by molar-refractivity contribution is -0.138. The number of amides is 1. The van der Waals surface area contributed by atoms with Crippen LogP contribution in [0.5, 0.6) is 0 Å². The van der Waals surface area contributed by atoms with E-state index in [9.17, 15) is 22.8 Å². The molecule has 0 fully saturated rings. The first-order valence-electron chi connectivity index (χ1n) is 5.41. The lowest BCUT2D eigenvalue weighted by Gasteiger charge is -2.08. The molecule has 1 aromatic heterocycles. The van der Waals surface area contributed by atoms with Gasteiger partial charge in [-0.15, -0.1) is 0 Å². The summed E-state index contributed by atoms with van der Waals surface area (Å²) in [6, 6.07) is -0.149. The molecule has 5 nitrogen and oxygen atoms in total. The maximum absolute atomic E-state index is 12.6. The van der Waals surface area contributed by atoms with Gasteiger partial charge in [-0.25, -0.2) is 4.79 Å². The molecule has 0 saturated carbocycles. The predicted molar refractivity (Wildman–Crippen MR) is 59.7 cm³/mol. The fraction of sp³-hybridized carbons (Fsp3) is 0.455. The molecule has 2 N–H and O–H groups in total. The molecule has 0 saturated heterocycles. The summed E-state index contributed by atoms with van der Waals surface area (Å²) in [6.45, 7) is 3.04. The Morgan fingerprint density at radius 3 is 2.32 bits per heavy atom. The monoisotopic (exact) mass is 278 g/mol. The van der Waals surface area contributed by atoms with Gasteiger partial charge in [0.1, 0.15) is 6.54 Å². The number of carboxylic acids is 1. The first-order valence-corrected chi connectivity index (χ1v) is 5.41. The van der Waals surface area contributed by atoms with Crippen molar-refractivity contribution in [2.24, 2.45) is 0 Å². The topological polar surface area (TPSA) is 71.3 Å². The minimum absolute atomic E-state index is 0.149. The number of carbonyl (C=O) groups excluding carboxylic acids is 1. The fourth-order valence-corrected chi connectivity index (χ4v) is 1.53. The van der Waals surface area contributed by atoms with Gasteiger partial charge in [0.2, 0.25) is 5.91 Å². The van der Waals surface area contributed by atoms with Crippen LogP contribution in [0, 0.1) is 0 Å². The molecule has 106 valence electrons. The Morgan fingerprint density at radius 1 is 1.37 bits per heavy atom. The van der Waals surface area contributed by atoms with Crippen LogP contribution in [-0.2, 0) is 17.5 Å². The highest BCUT2D eigenvalue weighted by atomic mass is 19.4. The molecule has 1 amide bonds. The van der Waals surface area contributed by atoms with E-state index in [0.29, 0.717) is 6.20 Å². The molecule has 1 rings (SSSR count). The van der Waals surface area contributed by atoms with Crippen molar-refractivity contribution in [1.82, 2.24) is 9.88 Å². The molecule has 0 unspecified atom stereocenters. The van der Waals surface area contributed by atoms with Gasteiger partial charge in [-0.2, -0.15) is 13.2 Å². The Labute approximate surface area is 107 Å². The molecule has 8 heteroatoms. The van der Waals surface area contributed by atoms with E-state index in [-0.39, 0.29) is 12.6 Å². The summed E-state index contributed by atoms with van der Waals surface area (Å²) < 4.78 is 38.7. The zero-order valence-electron chi connectivity index (χ0n) is 10.3. The minimum atomic E-state index is -4.77. The van der Waals surface area contributed by atoms with Gasteiger partial charge in [-0.1, -0.05) is 0 Å². The number of hydrogen-bond donors (Lipinski definition) is 2. The molecule has 19 heavy (non-hydrogen) atoms. The highest BCUT2D eigenvalue weighted by Crippen LogP contribution is 2.32. The summed E-state index contributed by atoms with van der Waals surface area (Å²) in [4.78, 5) is 22.1. The Bertz CT molecular complexity index is 492. The Hall–Kier alpha value is -1.99. The standard InChI is InChI=1S/C11H13F3N2O3/c1-6(2)15-9(17)5-16-3-7(10(18)19)8(4-16)11(12,13)14/h3-4,6H,5H2,1-2H3,(H,15,17)(H,18,19). The van der Waals surface area contributed by atoms with Gasteiger partial charge in [-0.3, -0.25) is 4.79 Å². The molecule has 0 aromatic carbocycles. The van der Waals surface area contributed by atoms with E-state index in [0.717, 1.165) is 10.8 Å².